The third-order valence-corrected chi connectivity index (χ3v) is 2.94. The molecule has 110 valence electrons. The Bertz CT molecular complexity index is 468. The molecule has 1 aromatic carbocycles. The van der Waals surface area contributed by atoms with E-state index < -0.39 is 12.0 Å². The molecule has 0 saturated carbocycles. The van der Waals surface area contributed by atoms with Crippen LogP contribution in [-0.4, -0.2) is 41.3 Å². The molecule has 6 nitrogen and oxygen atoms in total. The lowest BCUT2D eigenvalue weighted by molar-refractivity contribution is -0.141. The van der Waals surface area contributed by atoms with Crippen LogP contribution in [0.1, 0.15) is 17.5 Å². The topological polar surface area (TPSA) is 98.7 Å². The fourth-order valence-corrected chi connectivity index (χ4v) is 1.87. The zero-order valence-electron chi connectivity index (χ0n) is 11.6. The van der Waals surface area contributed by atoms with Crippen molar-refractivity contribution < 1.29 is 19.8 Å². The van der Waals surface area contributed by atoms with Crippen molar-refractivity contribution in [3.8, 4) is 0 Å². The Hall–Kier alpha value is -1.92. The predicted octanol–water partition coefficient (Wildman–Crippen LogP) is 0.667. The van der Waals surface area contributed by atoms with Crippen molar-refractivity contribution in [1.82, 2.24) is 5.32 Å². The SMILES string of the molecule is Cc1cccc(C)c1NC(=O)CC(NCCO)C(=O)O. The molecule has 1 rings (SSSR count). The summed E-state index contributed by atoms with van der Waals surface area (Å²) in [4.78, 5) is 22.9. The van der Waals surface area contributed by atoms with Crippen LogP contribution in [-0.2, 0) is 9.59 Å². The van der Waals surface area contributed by atoms with Gasteiger partial charge in [0.2, 0.25) is 5.91 Å². The highest BCUT2D eigenvalue weighted by atomic mass is 16.4. The molecule has 0 heterocycles. The van der Waals surface area contributed by atoms with Crippen molar-refractivity contribution >= 4 is 17.6 Å². The molecule has 6 heteroatoms. The first-order chi connectivity index (χ1) is 9.45. The van der Waals surface area contributed by atoms with E-state index in [1.807, 2.05) is 32.0 Å². The second-order valence-electron chi connectivity index (χ2n) is 4.59. The van der Waals surface area contributed by atoms with Gasteiger partial charge in [-0.15, -0.1) is 0 Å². The van der Waals surface area contributed by atoms with Crippen LogP contribution in [0.15, 0.2) is 18.2 Å². The van der Waals surface area contributed by atoms with Gasteiger partial charge in [0, 0.05) is 12.2 Å². The van der Waals surface area contributed by atoms with E-state index in [9.17, 15) is 9.59 Å². The van der Waals surface area contributed by atoms with Crippen LogP contribution in [0.5, 0.6) is 0 Å². The highest BCUT2D eigenvalue weighted by Gasteiger charge is 2.20. The molecule has 0 aromatic heterocycles. The first-order valence-corrected chi connectivity index (χ1v) is 6.38. The lowest BCUT2D eigenvalue weighted by Gasteiger charge is -2.15. The number of anilines is 1. The van der Waals surface area contributed by atoms with E-state index in [0.717, 1.165) is 11.1 Å². The summed E-state index contributed by atoms with van der Waals surface area (Å²) in [5.74, 6) is -1.49. The number of aryl methyl sites for hydroxylation is 2. The van der Waals surface area contributed by atoms with Gasteiger partial charge in [0.1, 0.15) is 6.04 Å². The third-order valence-electron chi connectivity index (χ3n) is 2.94. The van der Waals surface area contributed by atoms with Gasteiger partial charge in [-0.25, -0.2) is 0 Å². The summed E-state index contributed by atoms with van der Waals surface area (Å²) in [7, 11) is 0. The Morgan fingerprint density at radius 3 is 2.35 bits per heavy atom. The second-order valence-corrected chi connectivity index (χ2v) is 4.59. The molecular weight excluding hydrogens is 260 g/mol. The van der Waals surface area contributed by atoms with Gasteiger partial charge in [-0.3, -0.25) is 9.59 Å². The maximum atomic E-state index is 11.9. The second kappa shape index (κ2) is 7.62. The number of para-hydroxylation sites is 1. The Kier molecular flexibility index (Phi) is 6.14. The monoisotopic (exact) mass is 280 g/mol. The van der Waals surface area contributed by atoms with Crippen LogP contribution < -0.4 is 10.6 Å². The summed E-state index contributed by atoms with van der Waals surface area (Å²) in [5, 5.41) is 23.0. The number of amides is 1. The van der Waals surface area contributed by atoms with Crippen molar-refractivity contribution in [2.24, 2.45) is 0 Å². The zero-order valence-corrected chi connectivity index (χ0v) is 11.6. The van der Waals surface area contributed by atoms with Crippen LogP contribution in [0.3, 0.4) is 0 Å². The number of nitrogens with one attached hydrogen (secondary N) is 2. The molecule has 1 aromatic rings. The Morgan fingerprint density at radius 2 is 1.85 bits per heavy atom. The fourth-order valence-electron chi connectivity index (χ4n) is 1.87. The smallest absolute Gasteiger partial charge is 0.321 e. The molecule has 0 saturated heterocycles. The summed E-state index contributed by atoms with van der Waals surface area (Å²) >= 11 is 0. The number of rotatable bonds is 7. The molecule has 1 amide bonds. The quantitative estimate of drug-likeness (QED) is 0.588. The van der Waals surface area contributed by atoms with Crippen molar-refractivity contribution in [2.45, 2.75) is 26.3 Å². The first-order valence-electron chi connectivity index (χ1n) is 6.38. The average Bonchev–Trinajstić information content (AvgIpc) is 2.38. The number of carbonyl (C=O) groups is 2. The fraction of sp³-hybridized carbons (Fsp3) is 0.429. The zero-order chi connectivity index (χ0) is 15.1. The number of benzene rings is 1. The minimum Gasteiger partial charge on any atom is -0.480 e. The van der Waals surface area contributed by atoms with Crippen LogP contribution in [0.25, 0.3) is 0 Å². The molecule has 0 aliphatic rings. The van der Waals surface area contributed by atoms with Gasteiger partial charge in [-0.2, -0.15) is 0 Å². The average molecular weight is 280 g/mol. The molecule has 4 N–H and O–H groups in total. The largest absolute Gasteiger partial charge is 0.480 e. The van der Waals surface area contributed by atoms with Crippen LogP contribution >= 0.6 is 0 Å². The number of hydrogen-bond acceptors (Lipinski definition) is 4. The molecule has 0 fully saturated rings. The summed E-state index contributed by atoms with van der Waals surface area (Å²) < 4.78 is 0. The van der Waals surface area contributed by atoms with E-state index in [-0.39, 0.29) is 25.5 Å². The number of aliphatic carboxylic acids is 1. The maximum Gasteiger partial charge on any atom is 0.321 e. The Morgan fingerprint density at radius 1 is 1.25 bits per heavy atom. The number of aliphatic hydroxyl groups excluding tert-OH is 1. The third kappa shape index (κ3) is 4.64. The minimum atomic E-state index is -1.12. The van der Waals surface area contributed by atoms with E-state index >= 15 is 0 Å². The van der Waals surface area contributed by atoms with Crippen molar-refractivity contribution in [1.29, 1.82) is 0 Å². The number of carbonyl (C=O) groups excluding carboxylic acids is 1. The van der Waals surface area contributed by atoms with Gasteiger partial charge in [-0.1, -0.05) is 18.2 Å². The van der Waals surface area contributed by atoms with E-state index in [0.29, 0.717) is 5.69 Å². The van der Waals surface area contributed by atoms with Gasteiger partial charge in [0.25, 0.3) is 0 Å². The molecular formula is C14H20N2O4. The summed E-state index contributed by atoms with van der Waals surface area (Å²) in [6.45, 7) is 3.71. The maximum absolute atomic E-state index is 11.9. The first kappa shape index (κ1) is 16.1. The van der Waals surface area contributed by atoms with Crippen molar-refractivity contribution in [3.05, 3.63) is 29.3 Å². The Labute approximate surface area is 117 Å². The van der Waals surface area contributed by atoms with Crippen LogP contribution in [0.4, 0.5) is 5.69 Å². The van der Waals surface area contributed by atoms with Crippen molar-refractivity contribution in [2.75, 3.05) is 18.5 Å². The number of aliphatic hydroxyl groups is 1. The van der Waals surface area contributed by atoms with E-state index in [1.54, 1.807) is 0 Å². The molecule has 0 aliphatic heterocycles. The summed E-state index contributed by atoms with van der Waals surface area (Å²) in [6, 6.07) is 4.64. The van der Waals surface area contributed by atoms with Gasteiger partial charge in [0.15, 0.2) is 0 Å². The number of hydrogen-bond donors (Lipinski definition) is 4. The van der Waals surface area contributed by atoms with E-state index in [4.69, 9.17) is 10.2 Å². The molecule has 0 bridgehead atoms. The number of carboxylic acid groups (broad SMARTS) is 1. The summed E-state index contributed by atoms with van der Waals surface area (Å²) in [6.07, 6.45) is -0.191. The normalized spacial score (nSPS) is 11.9. The highest BCUT2D eigenvalue weighted by molar-refractivity contribution is 5.95. The number of carboxylic acids is 1. The van der Waals surface area contributed by atoms with Crippen LogP contribution in [0.2, 0.25) is 0 Å². The van der Waals surface area contributed by atoms with Crippen LogP contribution in [0, 0.1) is 13.8 Å². The summed E-state index contributed by atoms with van der Waals surface area (Å²) in [5.41, 5.74) is 2.56. The molecule has 1 unspecified atom stereocenters. The predicted molar refractivity (Wildman–Crippen MR) is 75.7 cm³/mol. The van der Waals surface area contributed by atoms with E-state index in [2.05, 4.69) is 10.6 Å². The molecule has 0 spiro atoms. The van der Waals surface area contributed by atoms with Gasteiger partial charge < -0.3 is 20.8 Å². The molecule has 0 aliphatic carbocycles. The Balaban J connectivity index is 2.68. The standard InChI is InChI=1S/C14H20N2O4/c1-9-4-3-5-10(2)13(9)16-12(18)8-11(14(19)20)15-6-7-17/h3-5,11,15,17H,6-8H2,1-2H3,(H,16,18)(H,19,20). The van der Waals surface area contributed by atoms with E-state index in [1.165, 1.54) is 0 Å². The van der Waals surface area contributed by atoms with Gasteiger partial charge in [-0.05, 0) is 25.0 Å². The van der Waals surface area contributed by atoms with Gasteiger partial charge >= 0.3 is 5.97 Å². The minimum absolute atomic E-state index is 0.133. The lowest BCUT2D eigenvalue weighted by atomic mass is 10.1. The van der Waals surface area contributed by atoms with Gasteiger partial charge in [0.05, 0.1) is 13.0 Å². The highest BCUT2D eigenvalue weighted by Crippen LogP contribution is 2.19. The van der Waals surface area contributed by atoms with Crippen molar-refractivity contribution in [3.63, 3.8) is 0 Å². The lowest BCUT2D eigenvalue weighted by Crippen LogP contribution is -2.41. The molecule has 1 atom stereocenters. The molecule has 20 heavy (non-hydrogen) atoms. The molecule has 0 radical (unpaired) electrons.